The first-order valence-electron chi connectivity index (χ1n) is 8.51. The maximum Gasteiger partial charge on any atom is 0.290 e. The average Bonchev–Trinajstić information content (AvgIpc) is 3.06. The Hall–Kier alpha value is -3.33. The molecule has 0 unspecified atom stereocenters. The summed E-state index contributed by atoms with van der Waals surface area (Å²) in [4.78, 5) is 26.0. The van der Waals surface area contributed by atoms with Gasteiger partial charge >= 0.3 is 0 Å². The summed E-state index contributed by atoms with van der Waals surface area (Å²) in [5.74, 6) is -5.96. The highest BCUT2D eigenvalue weighted by atomic mass is 19.2. The Balaban J connectivity index is 1.77. The van der Waals surface area contributed by atoms with Crippen molar-refractivity contribution in [3.05, 3.63) is 65.2 Å². The van der Waals surface area contributed by atoms with Gasteiger partial charge in [0.1, 0.15) is 5.58 Å². The smallest absolute Gasteiger partial charge is 0.290 e. The van der Waals surface area contributed by atoms with E-state index < -0.39 is 41.5 Å². The molecule has 1 aromatic heterocycles. The van der Waals surface area contributed by atoms with Gasteiger partial charge in [-0.2, -0.15) is 0 Å². The van der Waals surface area contributed by atoms with Gasteiger partial charge in [0.05, 0.1) is 18.8 Å². The van der Waals surface area contributed by atoms with Gasteiger partial charge in [-0.3, -0.25) is 9.59 Å². The molecule has 6 nitrogen and oxygen atoms in total. The van der Waals surface area contributed by atoms with Crippen LogP contribution in [0.1, 0.15) is 16.1 Å². The Labute approximate surface area is 163 Å². The molecule has 0 radical (unpaired) electrons. The van der Waals surface area contributed by atoms with Crippen LogP contribution in [-0.4, -0.2) is 37.4 Å². The maximum absolute atomic E-state index is 13.7. The standard InChI is InChI=1S/C20H17F3N2O4/c1-25(9-16(26)24-14-8-7-13(21)17(22)18(14)23)20(27)19-12(10-28-2)11-5-3-4-6-15(11)29-19/h3-8H,9-10H2,1-2H3,(H,24,26). The Morgan fingerprint density at radius 2 is 1.83 bits per heavy atom. The summed E-state index contributed by atoms with van der Waals surface area (Å²) < 4.78 is 50.7. The predicted octanol–water partition coefficient (Wildman–Crippen LogP) is 3.71. The number of amides is 2. The van der Waals surface area contributed by atoms with E-state index in [1.165, 1.54) is 14.2 Å². The van der Waals surface area contributed by atoms with E-state index in [0.29, 0.717) is 22.6 Å². The minimum Gasteiger partial charge on any atom is -0.451 e. The lowest BCUT2D eigenvalue weighted by atomic mass is 10.1. The van der Waals surface area contributed by atoms with E-state index in [0.717, 1.165) is 11.0 Å². The fourth-order valence-electron chi connectivity index (χ4n) is 2.83. The topological polar surface area (TPSA) is 71.8 Å². The van der Waals surface area contributed by atoms with Gasteiger partial charge in [-0.05, 0) is 18.2 Å². The molecule has 0 saturated heterocycles. The number of rotatable bonds is 6. The molecule has 0 aliphatic carbocycles. The number of furan rings is 1. The zero-order valence-electron chi connectivity index (χ0n) is 15.6. The molecule has 2 aromatic carbocycles. The monoisotopic (exact) mass is 406 g/mol. The first-order valence-corrected chi connectivity index (χ1v) is 8.51. The van der Waals surface area contributed by atoms with Crippen LogP contribution >= 0.6 is 0 Å². The van der Waals surface area contributed by atoms with Crippen molar-refractivity contribution < 1.29 is 31.9 Å². The van der Waals surface area contributed by atoms with Crippen LogP contribution in [0.5, 0.6) is 0 Å². The van der Waals surface area contributed by atoms with Crippen molar-refractivity contribution in [2.24, 2.45) is 0 Å². The number of para-hydroxylation sites is 1. The molecular formula is C20H17F3N2O4. The number of carbonyl (C=O) groups excluding carboxylic acids is 2. The normalized spacial score (nSPS) is 10.9. The Kier molecular flexibility index (Phi) is 5.88. The lowest BCUT2D eigenvalue weighted by Gasteiger charge is -2.16. The molecule has 0 saturated carbocycles. The summed E-state index contributed by atoms with van der Waals surface area (Å²) in [5.41, 5.74) is 0.496. The number of likely N-dealkylation sites (N-methyl/N-ethyl adjacent to an activating group) is 1. The quantitative estimate of drug-likeness (QED) is 0.634. The van der Waals surface area contributed by atoms with E-state index >= 15 is 0 Å². The predicted molar refractivity (Wildman–Crippen MR) is 98.8 cm³/mol. The van der Waals surface area contributed by atoms with Gasteiger partial charge in [0, 0.05) is 25.1 Å². The lowest BCUT2D eigenvalue weighted by molar-refractivity contribution is -0.116. The first-order chi connectivity index (χ1) is 13.8. The van der Waals surface area contributed by atoms with Crippen molar-refractivity contribution >= 4 is 28.5 Å². The van der Waals surface area contributed by atoms with Crippen molar-refractivity contribution in [3.63, 3.8) is 0 Å². The number of nitrogens with zero attached hydrogens (tertiary/aromatic N) is 1. The number of hydrogen-bond acceptors (Lipinski definition) is 4. The van der Waals surface area contributed by atoms with Crippen LogP contribution < -0.4 is 5.32 Å². The second-order valence-electron chi connectivity index (χ2n) is 6.27. The fourth-order valence-corrected chi connectivity index (χ4v) is 2.83. The van der Waals surface area contributed by atoms with Crippen LogP contribution in [-0.2, 0) is 16.1 Å². The third-order valence-corrected chi connectivity index (χ3v) is 4.22. The van der Waals surface area contributed by atoms with Crippen LogP contribution in [0.2, 0.25) is 0 Å². The SMILES string of the molecule is COCc1c(C(=O)N(C)CC(=O)Nc2ccc(F)c(F)c2F)oc2ccccc12. The highest BCUT2D eigenvalue weighted by Crippen LogP contribution is 2.27. The third-order valence-electron chi connectivity index (χ3n) is 4.22. The molecule has 0 bridgehead atoms. The van der Waals surface area contributed by atoms with Crippen molar-refractivity contribution in [1.82, 2.24) is 4.90 Å². The number of methoxy groups -OCH3 is 1. The Morgan fingerprint density at radius 3 is 2.55 bits per heavy atom. The maximum atomic E-state index is 13.7. The van der Waals surface area contributed by atoms with Gasteiger partial charge < -0.3 is 19.4 Å². The minimum atomic E-state index is -1.70. The summed E-state index contributed by atoms with van der Waals surface area (Å²) in [6.45, 7) is -0.348. The summed E-state index contributed by atoms with van der Waals surface area (Å²) in [6.07, 6.45) is 0. The van der Waals surface area contributed by atoms with E-state index in [2.05, 4.69) is 5.32 Å². The van der Waals surface area contributed by atoms with E-state index in [1.54, 1.807) is 24.3 Å². The third kappa shape index (κ3) is 4.09. The van der Waals surface area contributed by atoms with E-state index in [9.17, 15) is 22.8 Å². The van der Waals surface area contributed by atoms with Gasteiger partial charge in [0.2, 0.25) is 5.91 Å². The second-order valence-corrected chi connectivity index (χ2v) is 6.27. The second kappa shape index (κ2) is 8.36. The zero-order chi connectivity index (χ0) is 21.1. The van der Waals surface area contributed by atoms with Crippen molar-refractivity contribution in [3.8, 4) is 0 Å². The molecule has 2 amide bonds. The van der Waals surface area contributed by atoms with Gasteiger partial charge in [-0.15, -0.1) is 0 Å². The van der Waals surface area contributed by atoms with Gasteiger partial charge in [0.15, 0.2) is 23.2 Å². The molecule has 152 valence electrons. The number of benzene rings is 2. The fraction of sp³-hybridized carbons (Fsp3) is 0.200. The van der Waals surface area contributed by atoms with Gasteiger partial charge in [-0.25, -0.2) is 13.2 Å². The van der Waals surface area contributed by atoms with Crippen LogP contribution in [0.15, 0.2) is 40.8 Å². The number of carbonyl (C=O) groups is 2. The molecule has 0 atom stereocenters. The molecule has 3 aromatic rings. The summed E-state index contributed by atoms with van der Waals surface area (Å²) in [5, 5.41) is 2.82. The number of halogens is 3. The number of ether oxygens (including phenoxy) is 1. The molecule has 0 spiro atoms. The molecule has 0 aliphatic heterocycles. The van der Waals surface area contributed by atoms with E-state index in [4.69, 9.17) is 9.15 Å². The van der Waals surface area contributed by atoms with E-state index in [-0.39, 0.29) is 12.4 Å². The van der Waals surface area contributed by atoms with Crippen molar-refractivity contribution in [2.75, 3.05) is 26.0 Å². The lowest BCUT2D eigenvalue weighted by Crippen LogP contribution is -2.35. The average molecular weight is 406 g/mol. The van der Waals surface area contributed by atoms with Gasteiger partial charge in [-0.1, -0.05) is 18.2 Å². The molecule has 0 aliphatic rings. The first kappa shape index (κ1) is 20.4. The van der Waals surface area contributed by atoms with E-state index in [1.807, 2.05) is 0 Å². The van der Waals surface area contributed by atoms with Crippen LogP contribution in [0, 0.1) is 17.5 Å². The van der Waals surface area contributed by atoms with Crippen LogP contribution in [0.3, 0.4) is 0 Å². The van der Waals surface area contributed by atoms with Crippen molar-refractivity contribution in [1.29, 1.82) is 0 Å². The molecule has 1 heterocycles. The Morgan fingerprint density at radius 1 is 1.10 bits per heavy atom. The minimum absolute atomic E-state index is 0.0161. The summed E-state index contributed by atoms with van der Waals surface area (Å²) >= 11 is 0. The van der Waals surface area contributed by atoms with Crippen LogP contribution in [0.4, 0.5) is 18.9 Å². The highest BCUT2D eigenvalue weighted by molar-refractivity contribution is 6.01. The number of nitrogens with one attached hydrogen (secondary N) is 1. The number of fused-ring (bicyclic) bond motifs is 1. The molecule has 1 N–H and O–H groups in total. The number of hydrogen-bond donors (Lipinski definition) is 1. The van der Waals surface area contributed by atoms with Crippen molar-refractivity contribution in [2.45, 2.75) is 6.61 Å². The highest BCUT2D eigenvalue weighted by Gasteiger charge is 2.25. The van der Waals surface area contributed by atoms with Gasteiger partial charge in [0.25, 0.3) is 5.91 Å². The molecular weight excluding hydrogens is 389 g/mol. The Bertz CT molecular complexity index is 1080. The largest absolute Gasteiger partial charge is 0.451 e. The summed E-state index contributed by atoms with van der Waals surface area (Å²) in [7, 11) is 2.83. The summed E-state index contributed by atoms with van der Waals surface area (Å²) in [6, 6.07) is 8.60. The van der Waals surface area contributed by atoms with Crippen LogP contribution in [0.25, 0.3) is 11.0 Å². The zero-order valence-corrected chi connectivity index (χ0v) is 15.6. The number of anilines is 1. The molecule has 9 heteroatoms. The molecule has 0 fully saturated rings. The molecule has 3 rings (SSSR count). The molecule has 29 heavy (non-hydrogen) atoms.